The smallest absolute Gasteiger partial charge is 0.542 e. The second-order valence-electron chi connectivity index (χ2n) is 6.76. The average Bonchev–Trinajstić information content (AvgIpc) is 3.06. The van der Waals surface area contributed by atoms with Crippen molar-refractivity contribution >= 4 is 23.5 Å². The molecular formula is C20H20ClNNa2O8. The second-order valence-corrected chi connectivity index (χ2v) is 7.20. The molecule has 32 heavy (non-hydrogen) atoms. The van der Waals surface area contributed by atoms with Gasteiger partial charge in [-0.05, 0) is 48.7 Å². The molecule has 1 aliphatic rings. The molecular weight excluding hydrogens is 464 g/mol. The fraction of sp³-hybridized carbons (Fsp3) is 0.300. The molecule has 4 N–H and O–H groups in total. The zero-order valence-corrected chi connectivity index (χ0v) is 22.6. The summed E-state index contributed by atoms with van der Waals surface area (Å²) in [4.78, 5) is 22.3. The van der Waals surface area contributed by atoms with Crippen LogP contribution < -0.4 is 84.1 Å². The number of carbonyl (C=O) groups excluding carboxylic acids is 2. The Hall–Kier alpha value is -0.850. The SMILES string of the molecule is C[C@H](Cc1ccc2c(c1)OC(C(=O)[O-])(C(=O)[O-])O2)NC[C@H](O)c1cccc(Cl)c1.O.[Na+].[Na+]. The number of carboxylic acids is 2. The number of aliphatic carboxylic acids is 2. The molecule has 1 heterocycles. The molecule has 0 aliphatic carbocycles. The largest absolute Gasteiger partial charge is 1.00 e. The van der Waals surface area contributed by atoms with Gasteiger partial charge in [-0.3, -0.25) is 0 Å². The van der Waals surface area contributed by atoms with Crippen molar-refractivity contribution in [2.45, 2.75) is 31.3 Å². The van der Waals surface area contributed by atoms with Crippen molar-refractivity contribution < 1.29 is 99.0 Å². The number of rotatable bonds is 8. The first-order valence-electron chi connectivity index (χ1n) is 8.82. The maximum Gasteiger partial charge on any atom is 1.00 e. The van der Waals surface area contributed by atoms with Gasteiger partial charge in [-0.1, -0.05) is 29.8 Å². The van der Waals surface area contributed by atoms with E-state index in [-0.39, 0.29) is 82.1 Å². The molecule has 162 valence electrons. The second kappa shape index (κ2) is 13.1. The molecule has 1 aliphatic heterocycles. The Morgan fingerprint density at radius 3 is 2.31 bits per heavy atom. The molecule has 12 heteroatoms. The predicted molar refractivity (Wildman–Crippen MR) is 102 cm³/mol. The normalized spacial score (nSPS) is 14.7. The van der Waals surface area contributed by atoms with E-state index in [0.29, 0.717) is 23.6 Å². The van der Waals surface area contributed by atoms with Crippen LogP contribution in [0.25, 0.3) is 0 Å². The maximum absolute atomic E-state index is 11.2. The third-order valence-corrected chi connectivity index (χ3v) is 4.72. The third kappa shape index (κ3) is 7.07. The monoisotopic (exact) mass is 483 g/mol. The summed E-state index contributed by atoms with van der Waals surface area (Å²) in [6.45, 7) is 2.20. The van der Waals surface area contributed by atoms with Crippen molar-refractivity contribution in [1.29, 1.82) is 0 Å². The van der Waals surface area contributed by atoms with Gasteiger partial charge in [-0.15, -0.1) is 0 Å². The number of halogens is 1. The predicted octanol–water partition coefficient (Wildman–Crippen LogP) is -7.26. The molecule has 2 atom stereocenters. The zero-order valence-electron chi connectivity index (χ0n) is 17.9. The van der Waals surface area contributed by atoms with Crippen LogP contribution in [0.2, 0.25) is 5.02 Å². The summed E-state index contributed by atoms with van der Waals surface area (Å²) in [6, 6.07) is 11.5. The number of hydrogen-bond acceptors (Lipinski definition) is 8. The van der Waals surface area contributed by atoms with Crippen molar-refractivity contribution in [1.82, 2.24) is 5.32 Å². The van der Waals surface area contributed by atoms with Gasteiger partial charge in [0.15, 0.2) is 11.5 Å². The zero-order chi connectivity index (χ0) is 21.2. The van der Waals surface area contributed by atoms with E-state index in [1.165, 1.54) is 12.1 Å². The molecule has 0 saturated heterocycles. The number of carboxylic acid groups (broad SMARTS) is 2. The Kier molecular flexibility index (Phi) is 12.8. The van der Waals surface area contributed by atoms with Crippen LogP contribution in [0.5, 0.6) is 11.5 Å². The van der Waals surface area contributed by atoms with Crippen LogP contribution in [0.3, 0.4) is 0 Å². The Morgan fingerprint density at radius 1 is 1.09 bits per heavy atom. The minimum absolute atomic E-state index is 0. The van der Waals surface area contributed by atoms with Gasteiger partial charge >= 0.3 is 64.9 Å². The molecule has 0 bridgehead atoms. The topological polar surface area (TPSA) is 162 Å². The van der Waals surface area contributed by atoms with Crippen LogP contribution in [-0.4, -0.2) is 40.9 Å². The first-order chi connectivity index (χ1) is 13.7. The van der Waals surface area contributed by atoms with Gasteiger partial charge in [0, 0.05) is 17.6 Å². The molecule has 0 aromatic heterocycles. The van der Waals surface area contributed by atoms with Crippen molar-refractivity contribution in [3.63, 3.8) is 0 Å². The third-order valence-electron chi connectivity index (χ3n) is 4.49. The molecule has 0 amide bonds. The van der Waals surface area contributed by atoms with Gasteiger partial charge in [0.2, 0.25) is 0 Å². The Balaban J connectivity index is 0.00000320. The molecule has 2 aromatic rings. The van der Waals surface area contributed by atoms with Crippen LogP contribution in [0.4, 0.5) is 0 Å². The van der Waals surface area contributed by atoms with Crippen LogP contribution in [0.1, 0.15) is 24.2 Å². The molecule has 0 fully saturated rings. The minimum Gasteiger partial charge on any atom is -0.542 e. The molecule has 0 spiro atoms. The Bertz CT molecular complexity index is 932. The molecule has 0 saturated carbocycles. The van der Waals surface area contributed by atoms with Crippen LogP contribution in [0.15, 0.2) is 42.5 Å². The fourth-order valence-corrected chi connectivity index (χ4v) is 3.19. The molecule has 0 unspecified atom stereocenters. The van der Waals surface area contributed by atoms with Gasteiger partial charge in [0.25, 0.3) is 0 Å². The number of carbonyl (C=O) groups is 2. The number of hydrogen-bond donors (Lipinski definition) is 2. The molecule has 3 rings (SSSR count). The van der Waals surface area contributed by atoms with Gasteiger partial charge < -0.3 is 45.2 Å². The van der Waals surface area contributed by atoms with E-state index in [0.717, 1.165) is 5.56 Å². The number of ether oxygens (including phenoxy) is 2. The number of nitrogens with one attached hydrogen (secondary N) is 1. The van der Waals surface area contributed by atoms with Crippen LogP contribution in [0, 0.1) is 0 Å². The van der Waals surface area contributed by atoms with Crippen molar-refractivity contribution in [3.05, 3.63) is 58.6 Å². The van der Waals surface area contributed by atoms with Crippen molar-refractivity contribution in [2.75, 3.05) is 6.54 Å². The first kappa shape index (κ1) is 31.1. The van der Waals surface area contributed by atoms with E-state index in [1.807, 2.05) is 6.92 Å². The summed E-state index contributed by atoms with van der Waals surface area (Å²) < 4.78 is 9.90. The van der Waals surface area contributed by atoms with Gasteiger partial charge in [-0.25, -0.2) is 0 Å². The summed E-state index contributed by atoms with van der Waals surface area (Å²) in [5, 5.41) is 36.3. The van der Waals surface area contributed by atoms with Gasteiger partial charge in [0.05, 0.1) is 6.10 Å². The molecule has 9 nitrogen and oxygen atoms in total. The van der Waals surface area contributed by atoms with Crippen LogP contribution in [-0.2, 0) is 16.0 Å². The quantitative estimate of drug-likeness (QED) is 0.276. The number of aliphatic hydroxyl groups is 1. The van der Waals surface area contributed by atoms with Crippen molar-refractivity contribution in [2.24, 2.45) is 0 Å². The Labute approximate surface area is 233 Å². The van der Waals surface area contributed by atoms with Crippen LogP contribution >= 0.6 is 11.6 Å². The number of benzene rings is 2. The summed E-state index contributed by atoms with van der Waals surface area (Å²) in [5.41, 5.74) is 1.44. The van der Waals surface area contributed by atoms with E-state index in [2.05, 4.69) is 5.32 Å². The molecule has 0 radical (unpaired) electrons. The van der Waals surface area contributed by atoms with E-state index in [1.54, 1.807) is 30.3 Å². The first-order valence-corrected chi connectivity index (χ1v) is 9.20. The summed E-state index contributed by atoms with van der Waals surface area (Å²) in [7, 11) is 0. The number of fused-ring (bicyclic) bond motifs is 1. The van der Waals surface area contributed by atoms with E-state index in [9.17, 15) is 24.9 Å². The van der Waals surface area contributed by atoms with E-state index >= 15 is 0 Å². The van der Waals surface area contributed by atoms with E-state index in [4.69, 9.17) is 21.1 Å². The summed E-state index contributed by atoms with van der Waals surface area (Å²) >= 11 is 5.93. The maximum atomic E-state index is 11.2. The Morgan fingerprint density at radius 2 is 1.72 bits per heavy atom. The summed E-state index contributed by atoms with van der Waals surface area (Å²) in [5.74, 6) is -7.16. The standard InChI is InChI=1S/C20H20ClNO7.2Na.H2O/c1-11(22-10-15(23)13-3-2-4-14(21)9-13)7-12-5-6-16-17(8-12)29-20(28-16,18(24)25)19(26)27;;;/h2-6,8-9,11,15,22-23H,7,10H2,1H3,(H,24,25)(H,26,27);;;1H2/q;2*+1;/p-2/t11-,15+;;;/m1.../s1. The molecule has 2 aromatic carbocycles. The van der Waals surface area contributed by atoms with Crippen molar-refractivity contribution in [3.8, 4) is 11.5 Å². The fourth-order valence-electron chi connectivity index (χ4n) is 2.99. The summed E-state index contributed by atoms with van der Waals surface area (Å²) in [6.07, 6.45) is -0.234. The van der Waals surface area contributed by atoms with Gasteiger partial charge in [0.1, 0.15) is 11.9 Å². The number of aliphatic hydroxyl groups excluding tert-OH is 1. The van der Waals surface area contributed by atoms with Gasteiger partial charge in [-0.2, -0.15) is 0 Å². The minimum atomic E-state index is -2.99. The van der Waals surface area contributed by atoms with E-state index < -0.39 is 23.8 Å². The average molecular weight is 484 g/mol.